The first-order valence-corrected chi connectivity index (χ1v) is 7.91. The maximum Gasteiger partial charge on any atom is 0.256 e. The van der Waals surface area contributed by atoms with Crippen molar-refractivity contribution in [3.05, 3.63) is 47.7 Å². The molecule has 1 fully saturated rings. The van der Waals surface area contributed by atoms with Gasteiger partial charge >= 0.3 is 0 Å². The van der Waals surface area contributed by atoms with Crippen LogP contribution in [0.5, 0.6) is 0 Å². The number of H-pyrrole nitrogens is 1. The number of aromatic nitrogens is 3. The molecular formula is C17H18N4O2. The molecule has 0 aliphatic carbocycles. The summed E-state index contributed by atoms with van der Waals surface area (Å²) >= 11 is 0. The van der Waals surface area contributed by atoms with Gasteiger partial charge < -0.3 is 14.4 Å². The number of carbonyl (C=O) groups excluding carboxylic acids is 1. The molecule has 0 unspecified atom stereocenters. The zero-order chi connectivity index (χ0) is 15.8. The van der Waals surface area contributed by atoms with Crippen LogP contribution in [0.25, 0.3) is 10.9 Å². The molecule has 3 aromatic rings. The maximum absolute atomic E-state index is 13.1. The summed E-state index contributed by atoms with van der Waals surface area (Å²) in [6.45, 7) is 2.51. The predicted octanol–water partition coefficient (Wildman–Crippen LogP) is 3.23. The number of carbonyl (C=O) groups is 1. The second-order valence-electron chi connectivity index (χ2n) is 5.94. The van der Waals surface area contributed by atoms with E-state index in [1.165, 1.54) is 0 Å². The van der Waals surface area contributed by atoms with E-state index in [4.69, 9.17) is 4.52 Å². The van der Waals surface area contributed by atoms with Crippen LogP contribution in [0.1, 0.15) is 47.4 Å². The molecule has 1 saturated heterocycles. The largest absolute Gasteiger partial charge is 0.360 e. The zero-order valence-electron chi connectivity index (χ0n) is 13.0. The Morgan fingerprint density at radius 3 is 3.04 bits per heavy atom. The molecule has 0 bridgehead atoms. The highest BCUT2D eigenvalue weighted by atomic mass is 16.5. The maximum atomic E-state index is 13.1. The van der Waals surface area contributed by atoms with Gasteiger partial charge in [0.15, 0.2) is 5.82 Å². The number of likely N-dealkylation sites (tertiary alicyclic amines) is 1. The normalized spacial score (nSPS) is 18.5. The number of nitrogens with zero attached hydrogens (tertiary/aromatic N) is 3. The third kappa shape index (κ3) is 2.40. The lowest BCUT2D eigenvalue weighted by atomic mass is 10.0. The highest BCUT2D eigenvalue weighted by Gasteiger charge is 2.33. The molecule has 118 valence electrons. The molecule has 1 aromatic carbocycles. The van der Waals surface area contributed by atoms with Gasteiger partial charge in [-0.05, 0) is 32.3 Å². The van der Waals surface area contributed by atoms with Gasteiger partial charge in [-0.2, -0.15) is 4.98 Å². The fourth-order valence-electron chi connectivity index (χ4n) is 3.28. The molecule has 0 radical (unpaired) electrons. The number of aromatic amines is 1. The van der Waals surface area contributed by atoms with Crippen molar-refractivity contribution in [3.8, 4) is 0 Å². The molecule has 0 saturated carbocycles. The van der Waals surface area contributed by atoms with E-state index in [9.17, 15) is 4.79 Å². The number of fused-ring (bicyclic) bond motifs is 1. The minimum absolute atomic E-state index is 0.0167. The smallest absolute Gasteiger partial charge is 0.256 e. The van der Waals surface area contributed by atoms with Crippen molar-refractivity contribution in [3.63, 3.8) is 0 Å². The average molecular weight is 310 g/mol. The van der Waals surface area contributed by atoms with Crippen LogP contribution in [0.15, 0.2) is 35.0 Å². The molecule has 3 heterocycles. The number of benzene rings is 1. The van der Waals surface area contributed by atoms with Crippen LogP contribution >= 0.6 is 0 Å². The minimum atomic E-state index is -0.133. The Balaban J connectivity index is 1.70. The van der Waals surface area contributed by atoms with Crippen LogP contribution in [0.3, 0.4) is 0 Å². The number of hydrogen-bond acceptors (Lipinski definition) is 4. The lowest BCUT2D eigenvalue weighted by Crippen LogP contribution is -2.38. The Morgan fingerprint density at radius 1 is 1.35 bits per heavy atom. The van der Waals surface area contributed by atoms with Gasteiger partial charge in [-0.1, -0.05) is 23.4 Å². The molecule has 6 nitrogen and oxygen atoms in total. The summed E-state index contributed by atoms with van der Waals surface area (Å²) in [5.41, 5.74) is 1.67. The van der Waals surface area contributed by atoms with E-state index < -0.39 is 0 Å². The first-order valence-electron chi connectivity index (χ1n) is 7.91. The van der Waals surface area contributed by atoms with Gasteiger partial charge in [0.1, 0.15) is 6.04 Å². The van der Waals surface area contributed by atoms with Gasteiger partial charge in [0.2, 0.25) is 5.89 Å². The molecular weight excluding hydrogens is 292 g/mol. The van der Waals surface area contributed by atoms with Gasteiger partial charge in [-0.15, -0.1) is 0 Å². The van der Waals surface area contributed by atoms with Crippen molar-refractivity contribution in [1.29, 1.82) is 0 Å². The Morgan fingerprint density at radius 2 is 2.22 bits per heavy atom. The Bertz CT molecular complexity index is 851. The molecule has 4 rings (SSSR count). The number of para-hydroxylation sites is 1. The monoisotopic (exact) mass is 310 g/mol. The van der Waals surface area contributed by atoms with Crippen LogP contribution < -0.4 is 0 Å². The SMILES string of the molecule is Cc1noc([C@@H]2CCCCN2C(=O)c2c[nH]c3ccccc23)n1. The van der Waals surface area contributed by atoms with E-state index in [1.807, 2.05) is 29.2 Å². The van der Waals surface area contributed by atoms with Crippen LogP contribution in [0, 0.1) is 6.92 Å². The summed E-state index contributed by atoms with van der Waals surface area (Å²) in [5, 5.41) is 4.82. The van der Waals surface area contributed by atoms with Gasteiger partial charge in [-0.3, -0.25) is 4.79 Å². The lowest BCUT2D eigenvalue weighted by molar-refractivity contribution is 0.0563. The number of aryl methyl sites for hydroxylation is 1. The van der Waals surface area contributed by atoms with Gasteiger partial charge in [0.25, 0.3) is 5.91 Å². The van der Waals surface area contributed by atoms with Crippen LogP contribution in [0.4, 0.5) is 0 Å². The highest BCUT2D eigenvalue weighted by molar-refractivity contribution is 6.06. The van der Waals surface area contributed by atoms with Crippen molar-refractivity contribution in [2.45, 2.75) is 32.2 Å². The summed E-state index contributed by atoms with van der Waals surface area (Å²) in [6.07, 6.45) is 4.70. The Kier molecular flexibility index (Phi) is 3.37. The summed E-state index contributed by atoms with van der Waals surface area (Å²) in [5.74, 6) is 1.16. The van der Waals surface area contributed by atoms with E-state index in [0.29, 0.717) is 23.8 Å². The topological polar surface area (TPSA) is 75.0 Å². The van der Waals surface area contributed by atoms with E-state index in [-0.39, 0.29) is 11.9 Å². The van der Waals surface area contributed by atoms with Gasteiger partial charge in [-0.25, -0.2) is 0 Å². The number of piperidine rings is 1. The Labute approximate surface area is 133 Å². The number of nitrogens with one attached hydrogen (secondary N) is 1. The van der Waals surface area contributed by atoms with Crippen molar-refractivity contribution in [1.82, 2.24) is 20.0 Å². The zero-order valence-corrected chi connectivity index (χ0v) is 13.0. The molecule has 2 aromatic heterocycles. The first kappa shape index (κ1) is 14.0. The molecule has 0 spiro atoms. The lowest BCUT2D eigenvalue weighted by Gasteiger charge is -2.33. The molecule has 1 aliphatic heterocycles. The third-order valence-electron chi connectivity index (χ3n) is 4.41. The number of amides is 1. The van der Waals surface area contributed by atoms with Crippen molar-refractivity contribution in [2.75, 3.05) is 6.54 Å². The third-order valence-corrected chi connectivity index (χ3v) is 4.41. The molecule has 1 atom stereocenters. The second-order valence-corrected chi connectivity index (χ2v) is 5.94. The highest BCUT2D eigenvalue weighted by Crippen LogP contribution is 2.32. The quantitative estimate of drug-likeness (QED) is 0.788. The van der Waals surface area contributed by atoms with Crippen molar-refractivity contribution >= 4 is 16.8 Å². The second kappa shape index (κ2) is 5.53. The number of rotatable bonds is 2. The molecule has 23 heavy (non-hydrogen) atoms. The van der Waals surface area contributed by atoms with Crippen molar-refractivity contribution in [2.24, 2.45) is 0 Å². The fraction of sp³-hybridized carbons (Fsp3) is 0.353. The number of hydrogen-bond donors (Lipinski definition) is 1. The minimum Gasteiger partial charge on any atom is -0.360 e. The summed E-state index contributed by atoms with van der Waals surface area (Å²) in [7, 11) is 0. The fourth-order valence-corrected chi connectivity index (χ4v) is 3.28. The average Bonchev–Trinajstić information content (AvgIpc) is 3.20. The molecule has 1 amide bonds. The van der Waals surface area contributed by atoms with Crippen LogP contribution in [-0.2, 0) is 0 Å². The van der Waals surface area contributed by atoms with Crippen LogP contribution in [0.2, 0.25) is 0 Å². The van der Waals surface area contributed by atoms with Gasteiger partial charge in [0.05, 0.1) is 5.56 Å². The van der Waals surface area contributed by atoms with Crippen molar-refractivity contribution < 1.29 is 9.32 Å². The molecule has 6 heteroatoms. The summed E-state index contributed by atoms with van der Waals surface area (Å²) < 4.78 is 5.33. The van der Waals surface area contributed by atoms with E-state index >= 15 is 0 Å². The Hall–Kier alpha value is -2.63. The van der Waals surface area contributed by atoms with Gasteiger partial charge in [0, 0.05) is 23.6 Å². The molecule has 1 N–H and O–H groups in total. The molecule has 1 aliphatic rings. The van der Waals surface area contributed by atoms with Crippen LogP contribution in [-0.4, -0.2) is 32.5 Å². The predicted molar refractivity (Wildman–Crippen MR) is 85.0 cm³/mol. The first-order chi connectivity index (χ1) is 11.2. The van der Waals surface area contributed by atoms with E-state index in [0.717, 1.165) is 30.2 Å². The summed E-state index contributed by atoms with van der Waals surface area (Å²) in [6, 6.07) is 7.71. The van der Waals surface area contributed by atoms with E-state index in [1.54, 1.807) is 13.1 Å². The van der Waals surface area contributed by atoms with E-state index in [2.05, 4.69) is 15.1 Å². The summed E-state index contributed by atoms with van der Waals surface area (Å²) in [4.78, 5) is 22.4. The standard InChI is InChI=1S/C17H18N4O2/c1-11-19-16(23-20-11)15-8-4-5-9-21(15)17(22)13-10-18-14-7-3-2-6-12(13)14/h2-3,6-7,10,15,18H,4-5,8-9H2,1H3/t15-/m0/s1.